The highest BCUT2D eigenvalue weighted by molar-refractivity contribution is 9.10. The van der Waals surface area contributed by atoms with Crippen molar-refractivity contribution in [3.05, 3.63) is 63.3 Å². The van der Waals surface area contributed by atoms with Crippen molar-refractivity contribution in [2.24, 2.45) is 0 Å². The van der Waals surface area contributed by atoms with Gasteiger partial charge in [-0.25, -0.2) is 4.39 Å². The number of halogens is 3. The number of hydrogen-bond donors (Lipinski definition) is 1. The van der Waals surface area contributed by atoms with Gasteiger partial charge >= 0.3 is 0 Å². The van der Waals surface area contributed by atoms with E-state index in [1.165, 1.54) is 18.2 Å². The molecule has 0 aliphatic heterocycles. The molecule has 2 aromatic rings. The first-order chi connectivity index (χ1) is 8.58. The summed E-state index contributed by atoms with van der Waals surface area (Å²) in [5, 5.41) is 2.91. The molecular formula is C13H8BrClFNO. The Hall–Kier alpha value is -1.39. The van der Waals surface area contributed by atoms with E-state index in [4.69, 9.17) is 11.6 Å². The average Bonchev–Trinajstić information content (AvgIpc) is 2.35. The lowest BCUT2D eigenvalue weighted by Gasteiger charge is -2.06. The molecule has 0 saturated carbocycles. The third kappa shape index (κ3) is 2.89. The maximum atomic E-state index is 13.4. The van der Waals surface area contributed by atoms with Crippen molar-refractivity contribution in [3.63, 3.8) is 0 Å². The second-order valence-corrected chi connectivity index (χ2v) is 4.82. The number of carbonyl (C=O) groups is 1. The topological polar surface area (TPSA) is 29.1 Å². The maximum absolute atomic E-state index is 13.4. The predicted molar refractivity (Wildman–Crippen MR) is 73.5 cm³/mol. The van der Waals surface area contributed by atoms with Crippen molar-refractivity contribution < 1.29 is 9.18 Å². The number of hydrogen-bond acceptors (Lipinski definition) is 1. The fraction of sp³-hybridized carbons (Fsp3) is 0. The van der Waals surface area contributed by atoms with Gasteiger partial charge in [-0.15, -0.1) is 0 Å². The second-order valence-electron chi connectivity index (χ2n) is 3.56. The van der Waals surface area contributed by atoms with E-state index in [0.717, 1.165) is 0 Å². The summed E-state index contributed by atoms with van der Waals surface area (Å²) in [5.41, 5.74) is 0.507. The highest BCUT2D eigenvalue weighted by Crippen LogP contribution is 2.24. The van der Waals surface area contributed by atoms with Crippen LogP contribution in [0.2, 0.25) is 5.02 Å². The minimum Gasteiger partial charge on any atom is -0.319 e. The van der Waals surface area contributed by atoms with Crippen LogP contribution < -0.4 is 5.32 Å². The number of carbonyl (C=O) groups excluding carboxylic acids is 1. The third-order valence-electron chi connectivity index (χ3n) is 2.30. The van der Waals surface area contributed by atoms with Gasteiger partial charge in [0.25, 0.3) is 5.91 Å². The number of nitrogens with one attached hydrogen (secondary N) is 1. The molecule has 0 spiro atoms. The number of amides is 1. The first-order valence-electron chi connectivity index (χ1n) is 5.09. The van der Waals surface area contributed by atoms with Gasteiger partial charge in [0.1, 0.15) is 5.82 Å². The number of anilines is 1. The van der Waals surface area contributed by atoms with Crippen molar-refractivity contribution in [2.75, 3.05) is 5.32 Å². The maximum Gasteiger partial charge on any atom is 0.255 e. The van der Waals surface area contributed by atoms with Gasteiger partial charge in [-0.05, 0) is 46.3 Å². The minimum atomic E-state index is -0.478. The summed E-state index contributed by atoms with van der Waals surface area (Å²) in [6.07, 6.45) is 0. The summed E-state index contributed by atoms with van der Waals surface area (Å²) in [5.74, 6) is -0.886. The molecule has 0 aromatic heterocycles. The van der Waals surface area contributed by atoms with Crippen LogP contribution in [0.3, 0.4) is 0 Å². The van der Waals surface area contributed by atoms with Gasteiger partial charge in [-0.2, -0.15) is 0 Å². The summed E-state index contributed by atoms with van der Waals surface area (Å²) in [6, 6.07) is 10.8. The van der Waals surface area contributed by atoms with Crippen LogP contribution in [0.5, 0.6) is 0 Å². The molecule has 0 aliphatic carbocycles. The Balaban J connectivity index is 2.22. The molecule has 0 bridgehead atoms. The molecule has 2 nitrogen and oxygen atoms in total. The summed E-state index contributed by atoms with van der Waals surface area (Å²) >= 11 is 9.12. The van der Waals surface area contributed by atoms with E-state index < -0.39 is 11.7 Å². The normalized spacial score (nSPS) is 10.2. The smallest absolute Gasteiger partial charge is 0.255 e. The van der Waals surface area contributed by atoms with Gasteiger partial charge < -0.3 is 5.32 Å². The summed E-state index contributed by atoms with van der Waals surface area (Å²) in [4.78, 5) is 11.9. The first kappa shape index (κ1) is 13.1. The van der Waals surface area contributed by atoms with Crippen molar-refractivity contribution >= 4 is 39.1 Å². The molecule has 5 heteroatoms. The Kier molecular flexibility index (Phi) is 3.99. The number of benzene rings is 2. The Morgan fingerprint density at radius 3 is 2.61 bits per heavy atom. The lowest BCUT2D eigenvalue weighted by molar-refractivity contribution is 0.102. The van der Waals surface area contributed by atoms with Gasteiger partial charge in [-0.3, -0.25) is 4.79 Å². The molecule has 2 aromatic carbocycles. The van der Waals surface area contributed by atoms with E-state index in [1.54, 1.807) is 24.3 Å². The molecule has 0 heterocycles. The number of para-hydroxylation sites is 1. The molecule has 0 fully saturated rings. The Bertz CT molecular complexity index is 603. The van der Waals surface area contributed by atoms with Crippen LogP contribution in [0.15, 0.2) is 46.9 Å². The van der Waals surface area contributed by atoms with E-state index >= 15 is 0 Å². The zero-order valence-corrected chi connectivity index (χ0v) is 11.4. The molecule has 1 N–H and O–H groups in total. The molecule has 18 heavy (non-hydrogen) atoms. The standard InChI is InChI=1S/C13H8BrClFNO/c14-9-6-5-8(7-10(9)15)13(18)17-12-4-2-1-3-11(12)16/h1-7H,(H,17,18). The van der Waals surface area contributed by atoms with Crippen LogP contribution in [-0.4, -0.2) is 5.91 Å². The van der Waals surface area contributed by atoms with Gasteiger partial charge in [-0.1, -0.05) is 23.7 Å². The van der Waals surface area contributed by atoms with E-state index in [1.807, 2.05) is 0 Å². The molecule has 0 saturated heterocycles. The lowest BCUT2D eigenvalue weighted by atomic mass is 10.2. The van der Waals surface area contributed by atoms with Crippen LogP contribution in [0, 0.1) is 5.82 Å². The summed E-state index contributed by atoms with van der Waals surface area (Å²) in [7, 11) is 0. The van der Waals surface area contributed by atoms with E-state index in [-0.39, 0.29) is 5.69 Å². The monoisotopic (exact) mass is 327 g/mol. The Morgan fingerprint density at radius 2 is 1.94 bits per heavy atom. The molecule has 0 aliphatic rings. The van der Waals surface area contributed by atoms with Crippen molar-refractivity contribution in [1.82, 2.24) is 0 Å². The zero-order valence-electron chi connectivity index (χ0n) is 9.08. The third-order valence-corrected chi connectivity index (χ3v) is 3.54. The molecule has 92 valence electrons. The van der Waals surface area contributed by atoms with Crippen LogP contribution >= 0.6 is 27.5 Å². The zero-order chi connectivity index (χ0) is 13.1. The quantitative estimate of drug-likeness (QED) is 0.864. The fourth-order valence-electron chi connectivity index (χ4n) is 1.39. The predicted octanol–water partition coefficient (Wildman–Crippen LogP) is 4.49. The lowest BCUT2D eigenvalue weighted by Crippen LogP contribution is -2.12. The van der Waals surface area contributed by atoms with Gasteiger partial charge in [0.2, 0.25) is 0 Å². The molecule has 1 amide bonds. The van der Waals surface area contributed by atoms with Crippen molar-refractivity contribution in [3.8, 4) is 0 Å². The van der Waals surface area contributed by atoms with E-state index in [9.17, 15) is 9.18 Å². The van der Waals surface area contributed by atoms with E-state index in [2.05, 4.69) is 21.2 Å². The first-order valence-corrected chi connectivity index (χ1v) is 6.26. The summed E-state index contributed by atoms with van der Waals surface area (Å²) in [6.45, 7) is 0. The van der Waals surface area contributed by atoms with Crippen LogP contribution in [-0.2, 0) is 0 Å². The van der Waals surface area contributed by atoms with E-state index in [0.29, 0.717) is 15.1 Å². The molecular weight excluding hydrogens is 321 g/mol. The Morgan fingerprint density at radius 1 is 1.22 bits per heavy atom. The Labute approximate surface area is 117 Å². The fourth-order valence-corrected chi connectivity index (χ4v) is 1.82. The number of rotatable bonds is 2. The highest BCUT2D eigenvalue weighted by atomic mass is 79.9. The SMILES string of the molecule is O=C(Nc1ccccc1F)c1ccc(Br)c(Cl)c1. The highest BCUT2D eigenvalue weighted by Gasteiger charge is 2.10. The van der Waals surface area contributed by atoms with Crippen molar-refractivity contribution in [2.45, 2.75) is 0 Å². The van der Waals surface area contributed by atoms with Gasteiger partial charge in [0.15, 0.2) is 0 Å². The van der Waals surface area contributed by atoms with Gasteiger partial charge in [0.05, 0.1) is 10.7 Å². The largest absolute Gasteiger partial charge is 0.319 e. The molecule has 0 radical (unpaired) electrons. The van der Waals surface area contributed by atoms with Crippen LogP contribution in [0.1, 0.15) is 10.4 Å². The second kappa shape index (κ2) is 5.50. The van der Waals surface area contributed by atoms with Crippen LogP contribution in [0.4, 0.5) is 10.1 Å². The molecule has 2 rings (SSSR count). The van der Waals surface area contributed by atoms with Gasteiger partial charge in [0, 0.05) is 10.0 Å². The van der Waals surface area contributed by atoms with Crippen LogP contribution in [0.25, 0.3) is 0 Å². The average molecular weight is 329 g/mol. The minimum absolute atomic E-state index is 0.140. The van der Waals surface area contributed by atoms with Crippen molar-refractivity contribution in [1.29, 1.82) is 0 Å². The molecule has 0 atom stereocenters. The summed E-state index contributed by atoms with van der Waals surface area (Å²) < 4.78 is 14.1. The molecule has 0 unspecified atom stereocenters.